The third kappa shape index (κ3) is 6.08. The Morgan fingerprint density at radius 2 is 1.88 bits per heavy atom. The lowest BCUT2D eigenvalue weighted by Crippen LogP contribution is -2.41. The van der Waals surface area contributed by atoms with Crippen LogP contribution in [0.5, 0.6) is 0 Å². The Hall–Kier alpha value is 0.220. The van der Waals surface area contributed by atoms with Gasteiger partial charge in [0.1, 0.15) is 0 Å². The zero-order valence-electron chi connectivity index (χ0n) is 10.9. The molecule has 0 fully saturated rings. The van der Waals surface area contributed by atoms with Crippen molar-refractivity contribution in [3.8, 4) is 0 Å². The van der Waals surface area contributed by atoms with E-state index in [4.69, 9.17) is 0 Å². The summed E-state index contributed by atoms with van der Waals surface area (Å²) in [5, 5.41) is 3.12. The third-order valence-corrected chi connectivity index (χ3v) is 5.15. The highest BCUT2D eigenvalue weighted by Crippen LogP contribution is 2.08. The van der Waals surface area contributed by atoms with Crippen molar-refractivity contribution in [2.45, 2.75) is 32.9 Å². The molecule has 16 heavy (non-hydrogen) atoms. The van der Waals surface area contributed by atoms with Crippen LogP contribution in [0, 0.1) is 0 Å². The summed E-state index contributed by atoms with van der Waals surface area (Å²) in [5.74, 6) is 0.994. The normalized spacial score (nSPS) is 14.7. The fraction of sp³-hybridized carbons (Fsp3) is 1.00. The summed E-state index contributed by atoms with van der Waals surface area (Å²) in [6.07, 6.45) is 1.98. The van der Waals surface area contributed by atoms with Crippen LogP contribution in [0.15, 0.2) is 0 Å². The van der Waals surface area contributed by atoms with Crippen LogP contribution in [-0.2, 0) is 10.0 Å². The van der Waals surface area contributed by atoms with E-state index in [0.717, 1.165) is 5.75 Å². The van der Waals surface area contributed by atoms with Gasteiger partial charge in [-0.1, -0.05) is 13.8 Å². The summed E-state index contributed by atoms with van der Waals surface area (Å²) in [7, 11) is -1.46. The first-order valence-corrected chi connectivity index (χ1v) is 8.49. The van der Waals surface area contributed by atoms with Crippen LogP contribution in [0.1, 0.15) is 20.8 Å². The van der Waals surface area contributed by atoms with Gasteiger partial charge in [0.2, 0.25) is 10.0 Å². The van der Waals surface area contributed by atoms with Crippen molar-refractivity contribution in [3.63, 3.8) is 0 Å². The molecule has 0 aromatic carbocycles. The highest BCUT2D eigenvalue weighted by molar-refractivity contribution is 7.98. The van der Waals surface area contributed by atoms with Crippen molar-refractivity contribution >= 4 is 21.8 Å². The summed E-state index contributed by atoms with van der Waals surface area (Å²) in [4.78, 5) is 0. The average molecular weight is 268 g/mol. The van der Waals surface area contributed by atoms with Crippen LogP contribution in [0.4, 0.5) is 0 Å². The molecule has 1 N–H and O–H groups in total. The van der Waals surface area contributed by atoms with Gasteiger partial charge < -0.3 is 5.32 Å². The lowest BCUT2D eigenvalue weighted by Gasteiger charge is -2.23. The van der Waals surface area contributed by atoms with Gasteiger partial charge in [-0.15, -0.1) is 0 Å². The topological polar surface area (TPSA) is 49.4 Å². The average Bonchev–Trinajstić information content (AvgIpc) is 2.16. The van der Waals surface area contributed by atoms with E-state index in [2.05, 4.69) is 5.32 Å². The van der Waals surface area contributed by atoms with Crippen molar-refractivity contribution in [2.75, 3.05) is 31.4 Å². The molecule has 0 bridgehead atoms. The largest absolute Gasteiger partial charge is 0.313 e. The number of nitrogens with zero attached hydrogens (tertiary/aromatic N) is 1. The molecule has 4 nitrogen and oxygen atoms in total. The molecule has 0 aliphatic carbocycles. The summed E-state index contributed by atoms with van der Waals surface area (Å²) >= 11 is 1.66. The van der Waals surface area contributed by atoms with Gasteiger partial charge in [0.05, 0.1) is 5.75 Å². The van der Waals surface area contributed by atoms with E-state index in [1.165, 1.54) is 4.31 Å². The van der Waals surface area contributed by atoms with Crippen molar-refractivity contribution in [2.24, 2.45) is 0 Å². The van der Waals surface area contributed by atoms with Gasteiger partial charge in [0, 0.05) is 31.4 Å². The number of thioether (sulfide) groups is 1. The molecule has 0 aliphatic rings. The van der Waals surface area contributed by atoms with Gasteiger partial charge in [-0.25, -0.2) is 12.7 Å². The Balaban J connectivity index is 4.20. The first kappa shape index (κ1) is 16.2. The Morgan fingerprint density at radius 1 is 1.31 bits per heavy atom. The van der Waals surface area contributed by atoms with Crippen molar-refractivity contribution in [1.82, 2.24) is 9.62 Å². The molecule has 0 heterocycles. The van der Waals surface area contributed by atoms with Gasteiger partial charge in [-0.3, -0.25) is 0 Å². The molecule has 1 unspecified atom stereocenters. The fourth-order valence-electron chi connectivity index (χ4n) is 1.24. The second kappa shape index (κ2) is 7.53. The van der Waals surface area contributed by atoms with Crippen LogP contribution in [-0.4, -0.2) is 56.2 Å². The minimum atomic E-state index is -3.12. The molecule has 0 saturated heterocycles. The molecule has 6 heteroatoms. The summed E-state index contributed by atoms with van der Waals surface area (Å²) in [5.41, 5.74) is 0. The van der Waals surface area contributed by atoms with Crippen LogP contribution < -0.4 is 5.32 Å². The summed E-state index contributed by atoms with van der Waals surface area (Å²) in [6, 6.07) is 0.378. The maximum atomic E-state index is 11.9. The SMILES string of the molecule is CSCC(C)N(C)S(=O)(=O)CCNC(C)C. The molecule has 0 rings (SSSR count). The van der Waals surface area contributed by atoms with Crippen molar-refractivity contribution in [3.05, 3.63) is 0 Å². The summed E-state index contributed by atoms with van der Waals surface area (Å²) < 4.78 is 25.3. The van der Waals surface area contributed by atoms with Crippen LogP contribution >= 0.6 is 11.8 Å². The smallest absolute Gasteiger partial charge is 0.215 e. The van der Waals surface area contributed by atoms with Gasteiger partial charge in [0.25, 0.3) is 0 Å². The molecule has 0 saturated carbocycles. The predicted octanol–water partition coefficient (Wildman–Crippen LogP) is 0.997. The molecule has 0 aromatic rings. The third-order valence-electron chi connectivity index (χ3n) is 2.38. The second-order valence-electron chi connectivity index (χ2n) is 4.25. The summed E-state index contributed by atoms with van der Waals surface area (Å²) in [6.45, 7) is 6.46. The van der Waals surface area contributed by atoms with E-state index in [-0.39, 0.29) is 11.8 Å². The van der Waals surface area contributed by atoms with Crippen LogP contribution in [0.3, 0.4) is 0 Å². The first-order valence-electron chi connectivity index (χ1n) is 5.49. The predicted molar refractivity (Wildman–Crippen MR) is 72.5 cm³/mol. The van der Waals surface area contributed by atoms with E-state index in [1.54, 1.807) is 18.8 Å². The molecule has 0 radical (unpaired) electrons. The Morgan fingerprint density at radius 3 is 2.31 bits per heavy atom. The maximum Gasteiger partial charge on any atom is 0.215 e. The Bertz CT molecular complexity index is 279. The Labute approximate surface area is 104 Å². The molecule has 0 aliphatic heterocycles. The molecular weight excluding hydrogens is 244 g/mol. The van der Waals surface area contributed by atoms with E-state index >= 15 is 0 Å². The van der Waals surface area contributed by atoms with E-state index < -0.39 is 10.0 Å². The Kier molecular flexibility index (Phi) is 7.63. The zero-order chi connectivity index (χ0) is 12.8. The number of sulfonamides is 1. The van der Waals surface area contributed by atoms with E-state index in [9.17, 15) is 8.42 Å². The van der Waals surface area contributed by atoms with Crippen LogP contribution in [0.25, 0.3) is 0 Å². The second-order valence-corrected chi connectivity index (χ2v) is 7.30. The molecular formula is C10H24N2O2S2. The van der Waals surface area contributed by atoms with E-state index in [0.29, 0.717) is 12.6 Å². The number of hydrogen-bond donors (Lipinski definition) is 1. The van der Waals surface area contributed by atoms with Gasteiger partial charge in [0.15, 0.2) is 0 Å². The monoisotopic (exact) mass is 268 g/mol. The maximum absolute atomic E-state index is 11.9. The lowest BCUT2D eigenvalue weighted by atomic mass is 10.4. The molecule has 1 atom stereocenters. The molecule has 0 spiro atoms. The van der Waals surface area contributed by atoms with Crippen molar-refractivity contribution in [1.29, 1.82) is 0 Å². The van der Waals surface area contributed by atoms with Gasteiger partial charge in [-0.2, -0.15) is 11.8 Å². The lowest BCUT2D eigenvalue weighted by molar-refractivity contribution is 0.413. The number of rotatable bonds is 8. The molecule has 0 amide bonds. The fourth-order valence-corrected chi connectivity index (χ4v) is 3.33. The number of nitrogens with one attached hydrogen (secondary N) is 1. The number of hydrogen-bond acceptors (Lipinski definition) is 4. The minimum Gasteiger partial charge on any atom is -0.313 e. The van der Waals surface area contributed by atoms with Gasteiger partial charge in [-0.05, 0) is 13.2 Å². The highest BCUT2D eigenvalue weighted by Gasteiger charge is 2.22. The van der Waals surface area contributed by atoms with Crippen molar-refractivity contribution < 1.29 is 8.42 Å². The van der Waals surface area contributed by atoms with Crippen LogP contribution in [0.2, 0.25) is 0 Å². The standard InChI is InChI=1S/C10H24N2O2S2/c1-9(2)11-6-7-16(13,14)12(4)10(3)8-15-5/h9-11H,6-8H2,1-5H3. The van der Waals surface area contributed by atoms with Gasteiger partial charge >= 0.3 is 0 Å². The first-order chi connectivity index (χ1) is 7.31. The quantitative estimate of drug-likeness (QED) is 0.713. The molecule has 98 valence electrons. The van der Waals surface area contributed by atoms with E-state index in [1.807, 2.05) is 27.0 Å². The zero-order valence-corrected chi connectivity index (χ0v) is 12.5. The highest BCUT2D eigenvalue weighted by atomic mass is 32.2. The molecule has 0 aromatic heterocycles. The minimum absolute atomic E-state index is 0.0547.